The molecule has 0 aliphatic heterocycles. The van der Waals surface area contributed by atoms with Crippen molar-refractivity contribution in [2.75, 3.05) is 18.1 Å². The Balaban J connectivity index is 1.88. The van der Waals surface area contributed by atoms with Crippen molar-refractivity contribution in [2.24, 2.45) is 0 Å². The van der Waals surface area contributed by atoms with Crippen LogP contribution in [0.5, 0.6) is 0 Å². The molecule has 7 heteroatoms. The van der Waals surface area contributed by atoms with Crippen molar-refractivity contribution >= 4 is 27.7 Å². The molecule has 0 N–H and O–H groups in total. The first-order valence-electron chi connectivity index (χ1n) is 9.79. The molecule has 0 amide bonds. The van der Waals surface area contributed by atoms with Gasteiger partial charge in [-0.1, -0.05) is 58.4 Å². The van der Waals surface area contributed by atoms with Crippen LogP contribution in [-0.4, -0.2) is 29.1 Å². The number of carbonyl (C=O) groups is 1. The Bertz CT molecular complexity index is 951. The third kappa shape index (κ3) is 5.64. The van der Waals surface area contributed by atoms with Gasteiger partial charge in [0.2, 0.25) is 0 Å². The molecular formula is C23H24BrN3O3. The largest absolute Gasteiger partial charge is 0.461 e. The number of ether oxygens (including phenoxy) is 2. The van der Waals surface area contributed by atoms with Gasteiger partial charge < -0.3 is 14.4 Å². The molecule has 6 nitrogen and oxygen atoms in total. The Morgan fingerprint density at radius 1 is 1.07 bits per heavy atom. The molecule has 1 unspecified atom stereocenters. The maximum Gasteiger partial charge on any atom is 0.358 e. The standard InChI is InChI=1S/C23H24BrN3O3/c1-3-27(21-15-25-20(14-26-21)23(28)29-4-2)22(18-11-8-12-19(24)13-18)30-16-17-9-6-5-7-10-17/h5-15,22H,3-4,16H2,1-2H3. The van der Waals surface area contributed by atoms with Crippen molar-refractivity contribution in [3.05, 3.63) is 88.3 Å². The summed E-state index contributed by atoms with van der Waals surface area (Å²) >= 11 is 3.54. The number of benzene rings is 2. The fraction of sp³-hybridized carbons (Fsp3) is 0.261. The topological polar surface area (TPSA) is 64.5 Å². The van der Waals surface area contributed by atoms with E-state index >= 15 is 0 Å². The highest BCUT2D eigenvalue weighted by Gasteiger charge is 2.23. The quantitative estimate of drug-likeness (QED) is 0.318. The summed E-state index contributed by atoms with van der Waals surface area (Å²) in [4.78, 5) is 22.6. The van der Waals surface area contributed by atoms with Crippen LogP contribution < -0.4 is 4.90 Å². The van der Waals surface area contributed by atoms with Gasteiger partial charge in [-0.25, -0.2) is 14.8 Å². The molecule has 0 saturated heterocycles. The number of hydrogen-bond acceptors (Lipinski definition) is 6. The Morgan fingerprint density at radius 3 is 2.50 bits per heavy atom. The molecule has 0 aliphatic rings. The van der Waals surface area contributed by atoms with E-state index in [9.17, 15) is 4.79 Å². The van der Waals surface area contributed by atoms with Crippen LogP contribution in [-0.2, 0) is 16.1 Å². The van der Waals surface area contributed by atoms with Crippen molar-refractivity contribution in [1.29, 1.82) is 0 Å². The summed E-state index contributed by atoms with van der Waals surface area (Å²) in [6.45, 7) is 5.16. The SMILES string of the molecule is CCOC(=O)c1cnc(N(CC)C(OCc2ccccc2)c2cccc(Br)c2)cn1. The van der Waals surface area contributed by atoms with Gasteiger partial charge in [-0.05, 0) is 31.5 Å². The Kier molecular flexibility index (Phi) is 7.93. The first-order valence-corrected chi connectivity index (χ1v) is 10.6. The summed E-state index contributed by atoms with van der Waals surface area (Å²) in [7, 11) is 0. The smallest absolute Gasteiger partial charge is 0.358 e. The molecule has 0 radical (unpaired) electrons. The molecule has 0 spiro atoms. The van der Waals surface area contributed by atoms with Gasteiger partial charge in [0.15, 0.2) is 11.9 Å². The summed E-state index contributed by atoms with van der Waals surface area (Å²) in [5.74, 6) is 0.132. The molecule has 1 atom stereocenters. The first-order chi connectivity index (χ1) is 14.6. The van der Waals surface area contributed by atoms with Crippen molar-refractivity contribution in [2.45, 2.75) is 26.7 Å². The predicted octanol–water partition coefficient (Wildman–Crippen LogP) is 5.16. The van der Waals surface area contributed by atoms with E-state index < -0.39 is 5.97 Å². The van der Waals surface area contributed by atoms with E-state index in [2.05, 4.69) is 25.9 Å². The lowest BCUT2D eigenvalue weighted by Gasteiger charge is -2.32. The minimum Gasteiger partial charge on any atom is -0.461 e. The van der Waals surface area contributed by atoms with E-state index in [0.29, 0.717) is 25.6 Å². The van der Waals surface area contributed by atoms with E-state index in [4.69, 9.17) is 9.47 Å². The number of anilines is 1. The van der Waals surface area contributed by atoms with Crippen LogP contribution in [0.4, 0.5) is 5.82 Å². The first kappa shape index (κ1) is 21.9. The van der Waals surface area contributed by atoms with Crippen molar-refractivity contribution in [3.8, 4) is 0 Å². The molecule has 0 fully saturated rings. The van der Waals surface area contributed by atoms with Crippen LogP contribution in [0.1, 0.15) is 41.7 Å². The Labute approximate surface area is 185 Å². The molecule has 1 heterocycles. The van der Waals surface area contributed by atoms with Crippen LogP contribution >= 0.6 is 15.9 Å². The van der Waals surface area contributed by atoms with Crippen LogP contribution in [0, 0.1) is 0 Å². The Morgan fingerprint density at radius 2 is 1.87 bits per heavy atom. The summed E-state index contributed by atoms with van der Waals surface area (Å²) in [5, 5.41) is 0. The highest BCUT2D eigenvalue weighted by Crippen LogP contribution is 2.29. The van der Waals surface area contributed by atoms with E-state index in [1.54, 1.807) is 13.1 Å². The predicted molar refractivity (Wildman–Crippen MR) is 119 cm³/mol. The summed E-state index contributed by atoms with van der Waals surface area (Å²) in [6, 6.07) is 18.0. The van der Waals surface area contributed by atoms with Gasteiger partial charge in [0, 0.05) is 16.6 Å². The van der Waals surface area contributed by atoms with Crippen molar-refractivity contribution < 1.29 is 14.3 Å². The average molecular weight is 470 g/mol. The van der Waals surface area contributed by atoms with Gasteiger partial charge in [-0.3, -0.25) is 0 Å². The molecular weight excluding hydrogens is 446 g/mol. The third-order valence-corrected chi connectivity index (χ3v) is 4.92. The second-order valence-corrected chi connectivity index (χ2v) is 7.39. The fourth-order valence-electron chi connectivity index (χ4n) is 3.00. The minimum absolute atomic E-state index is 0.181. The lowest BCUT2D eigenvalue weighted by atomic mass is 10.1. The van der Waals surface area contributed by atoms with E-state index in [0.717, 1.165) is 15.6 Å². The van der Waals surface area contributed by atoms with Gasteiger partial charge in [-0.2, -0.15) is 0 Å². The van der Waals surface area contributed by atoms with E-state index in [1.165, 1.54) is 6.20 Å². The van der Waals surface area contributed by atoms with E-state index in [-0.39, 0.29) is 11.9 Å². The lowest BCUT2D eigenvalue weighted by Crippen LogP contribution is -2.31. The van der Waals surface area contributed by atoms with Gasteiger partial charge in [-0.15, -0.1) is 0 Å². The molecule has 156 valence electrons. The molecule has 30 heavy (non-hydrogen) atoms. The molecule has 2 aromatic carbocycles. The molecule has 0 aliphatic carbocycles. The van der Waals surface area contributed by atoms with Crippen LogP contribution in [0.25, 0.3) is 0 Å². The summed E-state index contributed by atoms with van der Waals surface area (Å²) in [5.41, 5.74) is 2.25. The van der Waals surface area contributed by atoms with Crippen LogP contribution in [0.2, 0.25) is 0 Å². The summed E-state index contributed by atoms with van der Waals surface area (Å²) < 4.78 is 12.3. The Hall–Kier alpha value is -2.77. The van der Waals surface area contributed by atoms with Crippen molar-refractivity contribution in [3.63, 3.8) is 0 Å². The van der Waals surface area contributed by atoms with Gasteiger partial charge in [0.25, 0.3) is 0 Å². The lowest BCUT2D eigenvalue weighted by molar-refractivity contribution is 0.0371. The number of aromatic nitrogens is 2. The molecule has 3 rings (SSSR count). The number of nitrogens with zero attached hydrogens (tertiary/aromatic N) is 3. The third-order valence-electron chi connectivity index (χ3n) is 4.43. The zero-order valence-electron chi connectivity index (χ0n) is 17.0. The molecule has 1 aromatic heterocycles. The summed E-state index contributed by atoms with van der Waals surface area (Å²) in [6.07, 6.45) is 2.63. The molecule has 0 saturated carbocycles. The number of hydrogen-bond donors (Lipinski definition) is 0. The number of carbonyl (C=O) groups excluding carboxylic acids is 1. The van der Waals surface area contributed by atoms with Crippen LogP contribution in [0.3, 0.4) is 0 Å². The fourth-order valence-corrected chi connectivity index (χ4v) is 3.42. The van der Waals surface area contributed by atoms with Gasteiger partial charge >= 0.3 is 5.97 Å². The number of rotatable bonds is 9. The zero-order valence-corrected chi connectivity index (χ0v) is 18.6. The molecule has 0 bridgehead atoms. The second kappa shape index (κ2) is 10.8. The number of halogens is 1. The minimum atomic E-state index is -0.483. The average Bonchev–Trinajstić information content (AvgIpc) is 2.77. The maximum absolute atomic E-state index is 11.9. The normalized spacial score (nSPS) is 11.7. The monoisotopic (exact) mass is 469 g/mol. The number of esters is 1. The second-order valence-electron chi connectivity index (χ2n) is 6.47. The highest BCUT2D eigenvalue weighted by molar-refractivity contribution is 9.10. The van der Waals surface area contributed by atoms with Crippen molar-refractivity contribution in [1.82, 2.24) is 9.97 Å². The van der Waals surface area contributed by atoms with E-state index in [1.807, 2.05) is 66.4 Å². The molecule has 3 aromatic rings. The zero-order chi connectivity index (χ0) is 21.3. The highest BCUT2D eigenvalue weighted by atomic mass is 79.9. The van der Waals surface area contributed by atoms with Gasteiger partial charge in [0.05, 0.1) is 25.6 Å². The van der Waals surface area contributed by atoms with Crippen LogP contribution in [0.15, 0.2) is 71.5 Å². The maximum atomic E-state index is 11.9. The van der Waals surface area contributed by atoms with Gasteiger partial charge in [0.1, 0.15) is 5.82 Å².